The third-order valence-electron chi connectivity index (χ3n) is 4.44. The van der Waals surface area contributed by atoms with E-state index in [1.54, 1.807) is 35.1 Å². The van der Waals surface area contributed by atoms with Crippen molar-refractivity contribution in [2.45, 2.75) is 6.42 Å². The summed E-state index contributed by atoms with van der Waals surface area (Å²) in [7, 11) is 5.95. The largest absolute Gasteiger partial charge is 0.493 e. The third kappa shape index (κ3) is 5.98. The van der Waals surface area contributed by atoms with Gasteiger partial charge in [0, 0.05) is 41.8 Å². The lowest BCUT2D eigenvalue weighted by atomic mass is 10.1. The number of nitrogens with one attached hydrogen (secondary N) is 2. The average molecular weight is 428 g/mol. The molecule has 0 saturated carbocycles. The lowest BCUT2D eigenvalue weighted by molar-refractivity contribution is 0.262. The molecule has 0 aliphatic carbocycles. The van der Waals surface area contributed by atoms with Crippen LogP contribution in [-0.4, -0.2) is 48.0 Å². The minimum atomic E-state index is -0.340. The molecule has 0 spiro atoms. The van der Waals surface area contributed by atoms with Gasteiger partial charge < -0.3 is 20.3 Å². The zero-order chi connectivity index (χ0) is 21.5. The number of rotatable bonds is 8. The summed E-state index contributed by atoms with van der Waals surface area (Å²) in [5.74, 6) is 0.751. The number of hydrogen-bond acceptors (Lipinski definition) is 4. The van der Waals surface area contributed by atoms with Crippen molar-refractivity contribution >= 4 is 29.0 Å². The highest BCUT2D eigenvalue weighted by atomic mass is 35.5. The highest BCUT2D eigenvalue weighted by Gasteiger charge is 2.13. The number of amides is 2. The lowest BCUT2D eigenvalue weighted by Crippen LogP contribution is -2.19. The fraction of sp³-hybridized carbons (Fsp3) is 0.273. The summed E-state index contributed by atoms with van der Waals surface area (Å²) in [6, 6.07) is 14.1. The van der Waals surface area contributed by atoms with Crippen LogP contribution in [0.4, 0.5) is 16.2 Å². The first-order chi connectivity index (χ1) is 14.4. The van der Waals surface area contributed by atoms with E-state index in [9.17, 15) is 4.79 Å². The molecule has 0 bridgehead atoms. The number of anilines is 2. The molecule has 3 aromatic rings. The van der Waals surface area contributed by atoms with Crippen LogP contribution in [-0.2, 0) is 7.05 Å². The number of urea groups is 1. The van der Waals surface area contributed by atoms with Crippen LogP contribution in [0.5, 0.6) is 5.75 Å². The van der Waals surface area contributed by atoms with Gasteiger partial charge in [0.25, 0.3) is 0 Å². The molecule has 0 atom stereocenters. The van der Waals surface area contributed by atoms with Crippen molar-refractivity contribution in [2.24, 2.45) is 7.05 Å². The number of carbonyl (C=O) groups is 1. The standard InChI is InChI=1S/C22H26ClN5O2/c1-27(2)13-4-14-30-21-10-9-18(15-19(21)20-11-12-24-28(20)3)26-22(29)25-17-7-5-16(23)6-8-17/h5-12,15H,4,13-14H2,1-3H3,(H2,25,26,29). The van der Waals surface area contributed by atoms with E-state index in [2.05, 4.69) is 20.6 Å². The second-order valence-corrected chi connectivity index (χ2v) is 7.58. The predicted octanol–water partition coefficient (Wildman–Crippen LogP) is 4.72. The summed E-state index contributed by atoms with van der Waals surface area (Å²) in [5.41, 5.74) is 3.08. The maximum atomic E-state index is 12.4. The summed E-state index contributed by atoms with van der Waals surface area (Å²) in [5, 5.41) is 10.5. The van der Waals surface area contributed by atoms with Crippen LogP contribution >= 0.6 is 11.6 Å². The Labute approximate surface area is 181 Å². The van der Waals surface area contributed by atoms with Gasteiger partial charge in [0.05, 0.1) is 12.3 Å². The van der Waals surface area contributed by atoms with Gasteiger partial charge in [-0.3, -0.25) is 4.68 Å². The van der Waals surface area contributed by atoms with Crippen molar-refractivity contribution in [3.05, 3.63) is 59.8 Å². The zero-order valence-electron chi connectivity index (χ0n) is 17.4. The second kappa shape index (κ2) is 10.1. The lowest BCUT2D eigenvalue weighted by Gasteiger charge is -2.15. The highest BCUT2D eigenvalue weighted by Crippen LogP contribution is 2.32. The second-order valence-electron chi connectivity index (χ2n) is 7.14. The van der Waals surface area contributed by atoms with Gasteiger partial charge in [-0.25, -0.2) is 4.79 Å². The smallest absolute Gasteiger partial charge is 0.323 e. The van der Waals surface area contributed by atoms with Crippen molar-refractivity contribution < 1.29 is 9.53 Å². The fourth-order valence-electron chi connectivity index (χ4n) is 2.96. The minimum Gasteiger partial charge on any atom is -0.493 e. The van der Waals surface area contributed by atoms with Crippen LogP contribution in [0.2, 0.25) is 5.02 Å². The van der Waals surface area contributed by atoms with Gasteiger partial charge in [0.2, 0.25) is 0 Å². The Morgan fingerprint density at radius 1 is 1.10 bits per heavy atom. The van der Waals surface area contributed by atoms with Gasteiger partial charge in [0.15, 0.2) is 0 Å². The molecule has 0 fully saturated rings. The molecule has 7 nitrogen and oxygen atoms in total. The van der Waals surface area contributed by atoms with Crippen LogP contribution in [0.15, 0.2) is 54.7 Å². The number of carbonyl (C=O) groups excluding carboxylic acids is 1. The Hall–Kier alpha value is -3.03. The molecule has 0 aliphatic rings. The van der Waals surface area contributed by atoms with E-state index in [-0.39, 0.29) is 6.03 Å². The van der Waals surface area contributed by atoms with E-state index in [0.29, 0.717) is 23.0 Å². The van der Waals surface area contributed by atoms with Crippen molar-refractivity contribution in [3.8, 4) is 17.0 Å². The molecular weight excluding hydrogens is 402 g/mol. The Balaban J connectivity index is 1.74. The predicted molar refractivity (Wildman–Crippen MR) is 121 cm³/mol. The van der Waals surface area contributed by atoms with E-state index in [1.165, 1.54) is 0 Å². The number of nitrogens with zero attached hydrogens (tertiary/aromatic N) is 3. The van der Waals surface area contributed by atoms with Gasteiger partial charge in [-0.2, -0.15) is 5.10 Å². The number of halogens is 1. The van der Waals surface area contributed by atoms with Gasteiger partial charge in [0.1, 0.15) is 5.75 Å². The SMILES string of the molecule is CN(C)CCCOc1ccc(NC(=O)Nc2ccc(Cl)cc2)cc1-c1ccnn1C. The molecule has 2 N–H and O–H groups in total. The van der Waals surface area contributed by atoms with Gasteiger partial charge in [-0.1, -0.05) is 11.6 Å². The Morgan fingerprint density at radius 3 is 2.47 bits per heavy atom. The first kappa shape index (κ1) is 21.7. The topological polar surface area (TPSA) is 71.4 Å². The number of aryl methyl sites for hydroxylation is 1. The van der Waals surface area contributed by atoms with E-state index in [4.69, 9.17) is 16.3 Å². The summed E-state index contributed by atoms with van der Waals surface area (Å²) in [4.78, 5) is 14.5. The Kier molecular flexibility index (Phi) is 7.32. The van der Waals surface area contributed by atoms with E-state index >= 15 is 0 Å². The van der Waals surface area contributed by atoms with Crippen LogP contribution in [0, 0.1) is 0 Å². The molecule has 2 amide bonds. The van der Waals surface area contributed by atoms with Gasteiger partial charge >= 0.3 is 6.03 Å². The molecule has 2 aromatic carbocycles. The molecule has 3 rings (SSSR count). The van der Waals surface area contributed by atoms with Crippen LogP contribution in [0.3, 0.4) is 0 Å². The zero-order valence-corrected chi connectivity index (χ0v) is 18.1. The van der Waals surface area contributed by atoms with Gasteiger partial charge in [-0.15, -0.1) is 0 Å². The first-order valence-corrected chi connectivity index (χ1v) is 10.0. The molecule has 158 valence electrons. The Morgan fingerprint density at radius 2 is 1.80 bits per heavy atom. The first-order valence-electron chi connectivity index (χ1n) is 9.66. The monoisotopic (exact) mass is 427 g/mol. The van der Waals surface area contributed by atoms with Crippen LogP contribution < -0.4 is 15.4 Å². The van der Waals surface area contributed by atoms with Crippen molar-refractivity contribution in [1.29, 1.82) is 0 Å². The number of ether oxygens (including phenoxy) is 1. The summed E-state index contributed by atoms with van der Waals surface area (Å²) in [6.07, 6.45) is 2.65. The molecule has 0 radical (unpaired) electrons. The average Bonchev–Trinajstić information content (AvgIpc) is 3.13. The van der Waals surface area contributed by atoms with Crippen molar-refractivity contribution in [1.82, 2.24) is 14.7 Å². The molecule has 8 heteroatoms. The van der Waals surface area contributed by atoms with Crippen LogP contribution in [0.25, 0.3) is 11.3 Å². The molecule has 1 aromatic heterocycles. The highest BCUT2D eigenvalue weighted by molar-refractivity contribution is 6.30. The fourth-order valence-corrected chi connectivity index (χ4v) is 3.09. The molecular formula is C22H26ClN5O2. The maximum absolute atomic E-state index is 12.4. The van der Waals surface area contributed by atoms with E-state index in [1.807, 2.05) is 45.4 Å². The van der Waals surface area contributed by atoms with E-state index in [0.717, 1.165) is 30.0 Å². The molecule has 1 heterocycles. The van der Waals surface area contributed by atoms with Crippen molar-refractivity contribution in [3.63, 3.8) is 0 Å². The molecule has 0 unspecified atom stereocenters. The van der Waals surface area contributed by atoms with Crippen LogP contribution in [0.1, 0.15) is 6.42 Å². The quantitative estimate of drug-likeness (QED) is 0.510. The number of hydrogen-bond donors (Lipinski definition) is 2. The number of aromatic nitrogens is 2. The van der Waals surface area contributed by atoms with E-state index < -0.39 is 0 Å². The third-order valence-corrected chi connectivity index (χ3v) is 4.70. The molecule has 30 heavy (non-hydrogen) atoms. The molecule has 0 aliphatic heterocycles. The maximum Gasteiger partial charge on any atom is 0.323 e. The normalized spacial score (nSPS) is 10.8. The molecule has 0 saturated heterocycles. The summed E-state index contributed by atoms with van der Waals surface area (Å²) < 4.78 is 7.80. The number of benzene rings is 2. The summed E-state index contributed by atoms with van der Waals surface area (Å²) in [6.45, 7) is 1.55. The van der Waals surface area contributed by atoms with Crippen molar-refractivity contribution in [2.75, 3.05) is 37.9 Å². The summed E-state index contributed by atoms with van der Waals surface area (Å²) >= 11 is 5.88. The minimum absolute atomic E-state index is 0.340. The Bertz CT molecular complexity index is 985. The van der Waals surface area contributed by atoms with Gasteiger partial charge in [-0.05, 0) is 69.0 Å².